The summed E-state index contributed by atoms with van der Waals surface area (Å²) < 4.78 is 16.3. The Morgan fingerprint density at radius 3 is 2.68 bits per heavy atom. The zero-order valence-electron chi connectivity index (χ0n) is 17.6. The molecular weight excluding hydrogens is 396 g/mol. The topological polar surface area (TPSA) is 81.9 Å². The van der Waals surface area contributed by atoms with E-state index in [1.165, 1.54) is 0 Å². The van der Waals surface area contributed by atoms with Gasteiger partial charge in [-0.3, -0.25) is 4.79 Å². The SMILES string of the molecule is Cc1noc(C)c1COc1ccccc1C(=O)OCC(=O)N1CCCc2ccccc21. The van der Waals surface area contributed by atoms with Crippen LogP contribution in [0.15, 0.2) is 53.1 Å². The standard InChI is InChI=1S/C24H24N2O5/c1-16-20(17(2)31-25-16)14-29-22-12-6-4-10-19(22)24(28)30-15-23(27)26-13-7-9-18-8-3-5-11-21(18)26/h3-6,8,10-12H,7,9,13-15H2,1-2H3. The van der Waals surface area contributed by atoms with Crippen molar-refractivity contribution < 1.29 is 23.6 Å². The summed E-state index contributed by atoms with van der Waals surface area (Å²) >= 11 is 0. The highest BCUT2D eigenvalue weighted by atomic mass is 16.5. The summed E-state index contributed by atoms with van der Waals surface area (Å²) in [5.41, 5.74) is 3.86. The number of nitrogens with zero attached hydrogens (tertiary/aromatic N) is 2. The summed E-state index contributed by atoms with van der Waals surface area (Å²) in [6.07, 6.45) is 1.82. The molecule has 160 valence electrons. The molecule has 31 heavy (non-hydrogen) atoms. The predicted molar refractivity (Wildman–Crippen MR) is 114 cm³/mol. The van der Waals surface area contributed by atoms with Gasteiger partial charge in [0.05, 0.1) is 11.3 Å². The second kappa shape index (κ2) is 9.04. The maximum absolute atomic E-state index is 12.7. The highest BCUT2D eigenvalue weighted by molar-refractivity contribution is 5.98. The van der Waals surface area contributed by atoms with E-state index in [-0.39, 0.29) is 24.7 Å². The minimum atomic E-state index is -0.604. The molecule has 0 fully saturated rings. The smallest absolute Gasteiger partial charge is 0.342 e. The molecule has 1 amide bonds. The Kier molecular flexibility index (Phi) is 6.02. The van der Waals surface area contributed by atoms with Crippen molar-refractivity contribution in [3.63, 3.8) is 0 Å². The highest BCUT2D eigenvalue weighted by Gasteiger charge is 2.24. The second-order valence-corrected chi connectivity index (χ2v) is 7.44. The third kappa shape index (κ3) is 4.45. The summed E-state index contributed by atoms with van der Waals surface area (Å²) in [4.78, 5) is 27.1. The molecule has 3 aromatic rings. The molecule has 0 atom stereocenters. The monoisotopic (exact) mass is 420 g/mol. The molecule has 1 aliphatic rings. The molecule has 0 unspecified atom stereocenters. The van der Waals surface area contributed by atoms with Crippen molar-refractivity contribution in [2.24, 2.45) is 0 Å². The molecule has 4 rings (SSSR count). The molecule has 0 saturated carbocycles. The molecule has 7 nitrogen and oxygen atoms in total. The van der Waals surface area contributed by atoms with Gasteiger partial charge >= 0.3 is 5.97 Å². The maximum Gasteiger partial charge on any atom is 0.342 e. The Balaban J connectivity index is 1.41. The Hall–Kier alpha value is -3.61. The Labute approximate surface area is 180 Å². The Morgan fingerprint density at radius 1 is 1.10 bits per heavy atom. The van der Waals surface area contributed by atoms with Gasteiger partial charge in [-0.25, -0.2) is 4.79 Å². The van der Waals surface area contributed by atoms with Gasteiger partial charge < -0.3 is 18.9 Å². The largest absolute Gasteiger partial charge is 0.488 e. The molecule has 1 aliphatic heterocycles. The van der Waals surface area contributed by atoms with E-state index >= 15 is 0 Å². The molecule has 0 saturated heterocycles. The van der Waals surface area contributed by atoms with Crippen LogP contribution < -0.4 is 9.64 Å². The van der Waals surface area contributed by atoms with Gasteiger partial charge in [0.1, 0.15) is 23.7 Å². The second-order valence-electron chi connectivity index (χ2n) is 7.44. The normalized spacial score (nSPS) is 12.9. The highest BCUT2D eigenvalue weighted by Crippen LogP contribution is 2.27. The number of benzene rings is 2. The quantitative estimate of drug-likeness (QED) is 0.561. The number of hydrogen-bond donors (Lipinski definition) is 0. The van der Waals surface area contributed by atoms with E-state index in [1.807, 2.05) is 38.1 Å². The van der Waals surface area contributed by atoms with Gasteiger partial charge in [-0.15, -0.1) is 0 Å². The van der Waals surface area contributed by atoms with Crippen LogP contribution in [0.2, 0.25) is 0 Å². The molecule has 0 spiro atoms. The minimum absolute atomic E-state index is 0.217. The van der Waals surface area contributed by atoms with Gasteiger partial charge in [-0.2, -0.15) is 0 Å². The fraction of sp³-hybridized carbons (Fsp3) is 0.292. The molecule has 0 bridgehead atoms. The lowest BCUT2D eigenvalue weighted by Gasteiger charge is -2.29. The van der Waals surface area contributed by atoms with E-state index < -0.39 is 5.97 Å². The first-order valence-corrected chi connectivity index (χ1v) is 10.2. The van der Waals surface area contributed by atoms with Gasteiger partial charge in [0.2, 0.25) is 0 Å². The fourth-order valence-corrected chi connectivity index (χ4v) is 3.69. The van der Waals surface area contributed by atoms with E-state index in [0.717, 1.165) is 35.3 Å². The number of fused-ring (bicyclic) bond motifs is 1. The summed E-state index contributed by atoms with van der Waals surface area (Å²) in [5.74, 6) is 0.205. The van der Waals surface area contributed by atoms with Gasteiger partial charge in [-0.1, -0.05) is 35.5 Å². The number of rotatable bonds is 6. The van der Waals surface area contributed by atoms with Crippen LogP contribution in [0.25, 0.3) is 0 Å². The number of para-hydroxylation sites is 2. The summed E-state index contributed by atoms with van der Waals surface area (Å²) in [7, 11) is 0. The third-order valence-corrected chi connectivity index (χ3v) is 5.40. The first-order valence-electron chi connectivity index (χ1n) is 10.2. The van der Waals surface area contributed by atoms with Gasteiger partial charge in [0.25, 0.3) is 5.91 Å². The molecule has 0 N–H and O–H groups in total. The minimum Gasteiger partial charge on any atom is -0.488 e. The summed E-state index contributed by atoms with van der Waals surface area (Å²) in [6.45, 7) is 4.15. The summed E-state index contributed by atoms with van der Waals surface area (Å²) in [6, 6.07) is 14.6. The lowest BCUT2D eigenvalue weighted by Crippen LogP contribution is -2.38. The molecule has 2 aromatic carbocycles. The maximum atomic E-state index is 12.7. The van der Waals surface area contributed by atoms with Crippen LogP contribution >= 0.6 is 0 Å². The van der Waals surface area contributed by atoms with Crippen molar-refractivity contribution >= 4 is 17.6 Å². The number of carbonyl (C=O) groups is 2. The lowest BCUT2D eigenvalue weighted by molar-refractivity contribution is -0.121. The van der Waals surface area contributed by atoms with Crippen LogP contribution in [-0.4, -0.2) is 30.2 Å². The fourth-order valence-electron chi connectivity index (χ4n) is 3.69. The third-order valence-electron chi connectivity index (χ3n) is 5.40. The van der Waals surface area contributed by atoms with Crippen LogP contribution in [0.3, 0.4) is 0 Å². The van der Waals surface area contributed by atoms with Crippen LogP contribution in [0.5, 0.6) is 5.75 Å². The molecule has 1 aromatic heterocycles. The van der Waals surface area contributed by atoms with Crippen LogP contribution in [0, 0.1) is 13.8 Å². The zero-order chi connectivity index (χ0) is 21.8. The lowest BCUT2D eigenvalue weighted by atomic mass is 10.0. The van der Waals surface area contributed by atoms with Gasteiger partial charge in [-0.05, 0) is 50.5 Å². The average Bonchev–Trinajstić information content (AvgIpc) is 3.12. The van der Waals surface area contributed by atoms with E-state index in [9.17, 15) is 9.59 Å². The number of ether oxygens (including phenoxy) is 2. The Morgan fingerprint density at radius 2 is 1.87 bits per heavy atom. The molecule has 0 radical (unpaired) electrons. The van der Waals surface area contributed by atoms with Gasteiger partial charge in [0.15, 0.2) is 6.61 Å². The van der Waals surface area contributed by atoms with Crippen LogP contribution in [-0.2, 0) is 22.6 Å². The van der Waals surface area contributed by atoms with Crippen molar-refractivity contribution in [1.29, 1.82) is 0 Å². The predicted octanol–water partition coefficient (Wildman–Crippen LogP) is 4.01. The number of anilines is 1. The van der Waals surface area contributed by atoms with Crippen molar-refractivity contribution in [2.45, 2.75) is 33.3 Å². The number of esters is 1. The van der Waals surface area contributed by atoms with Gasteiger partial charge in [0, 0.05) is 12.2 Å². The number of hydrogen-bond acceptors (Lipinski definition) is 6. The number of aryl methyl sites for hydroxylation is 3. The Bertz CT molecular complexity index is 1090. The van der Waals surface area contributed by atoms with Crippen molar-refractivity contribution in [1.82, 2.24) is 5.16 Å². The average molecular weight is 420 g/mol. The van der Waals surface area contributed by atoms with E-state index in [2.05, 4.69) is 5.16 Å². The zero-order valence-corrected chi connectivity index (χ0v) is 17.6. The van der Waals surface area contributed by atoms with Crippen LogP contribution in [0.4, 0.5) is 5.69 Å². The number of carbonyl (C=O) groups excluding carboxylic acids is 2. The first-order chi connectivity index (χ1) is 15.0. The van der Waals surface area contributed by atoms with E-state index in [1.54, 1.807) is 29.2 Å². The van der Waals surface area contributed by atoms with Crippen molar-refractivity contribution in [3.8, 4) is 5.75 Å². The molecule has 2 heterocycles. The summed E-state index contributed by atoms with van der Waals surface area (Å²) in [5, 5.41) is 3.91. The number of aromatic nitrogens is 1. The molecular formula is C24H24N2O5. The van der Waals surface area contributed by atoms with Crippen molar-refractivity contribution in [2.75, 3.05) is 18.1 Å². The molecule has 0 aliphatic carbocycles. The molecule has 7 heteroatoms. The van der Waals surface area contributed by atoms with E-state index in [0.29, 0.717) is 18.1 Å². The van der Waals surface area contributed by atoms with E-state index in [4.69, 9.17) is 14.0 Å². The van der Waals surface area contributed by atoms with Crippen LogP contribution in [0.1, 0.15) is 39.4 Å². The van der Waals surface area contributed by atoms with Crippen molar-refractivity contribution in [3.05, 3.63) is 76.7 Å². The first kappa shape index (κ1) is 20.7. The number of amides is 1.